The van der Waals surface area contributed by atoms with Crippen LogP contribution in [0.1, 0.15) is 31.9 Å². The number of hydrogen-bond acceptors (Lipinski definition) is 5. The number of nitrogens with one attached hydrogen (secondary N) is 2. The lowest BCUT2D eigenvalue weighted by atomic mass is 9.86. The molecule has 5 rings (SSSR count). The minimum absolute atomic E-state index is 0.0534. The first-order valence-electron chi connectivity index (χ1n) is 10.9. The fourth-order valence-corrected chi connectivity index (χ4v) is 3.86. The molecule has 2 N–H and O–H groups in total. The summed E-state index contributed by atoms with van der Waals surface area (Å²) in [4.78, 5) is 16.8. The molecule has 2 aromatic carbocycles. The molecule has 5 aromatic rings. The van der Waals surface area contributed by atoms with Gasteiger partial charge in [0.25, 0.3) is 0 Å². The first kappa shape index (κ1) is 20.8. The van der Waals surface area contributed by atoms with E-state index in [0.717, 1.165) is 39.3 Å². The van der Waals surface area contributed by atoms with E-state index in [2.05, 4.69) is 60.1 Å². The van der Waals surface area contributed by atoms with Crippen LogP contribution in [0, 0.1) is 6.92 Å². The molecule has 0 aliphatic heterocycles. The molecule has 0 saturated carbocycles. The zero-order valence-corrected chi connectivity index (χ0v) is 19.1. The molecule has 0 aliphatic carbocycles. The Hall–Kier alpha value is -4.13. The average Bonchev–Trinajstić information content (AvgIpc) is 3.45. The Morgan fingerprint density at radius 1 is 1.03 bits per heavy atom. The van der Waals surface area contributed by atoms with Crippen molar-refractivity contribution in [2.45, 2.75) is 33.1 Å². The van der Waals surface area contributed by atoms with Gasteiger partial charge in [0.15, 0.2) is 0 Å². The van der Waals surface area contributed by atoms with Crippen molar-refractivity contribution in [2.75, 3.05) is 5.32 Å². The van der Waals surface area contributed by atoms with Gasteiger partial charge in [0.2, 0.25) is 11.8 Å². The minimum Gasteiger partial charge on any atom is -0.437 e. The molecule has 0 aliphatic rings. The number of para-hydroxylation sites is 1. The Balaban J connectivity index is 1.47. The van der Waals surface area contributed by atoms with Crippen molar-refractivity contribution in [1.82, 2.24) is 24.5 Å². The molecular formula is C26H26N6O. The van der Waals surface area contributed by atoms with Crippen LogP contribution in [0.15, 0.2) is 73.4 Å². The predicted octanol–water partition coefficient (Wildman–Crippen LogP) is 6.29. The normalized spacial score (nSPS) is 11.6. The molecule has 0 atom stereocenters. The van der Waals surface area contributed by atoms with Crippen molar-refractivity contribution in [1.29, 1.82) is 0 Å². The number of rotatable bonds is 5. The highest BCUT2D eigenvalue weighted by Crippen LogP contribution is 2.36. The van der Waals surface area contributed by atoms with E-state index in [1.165, 1.54) is 0 Å². The first-order valence-corrected chi connectivity index (χ1v) is 10.9. The predicted molar refractivity (Wildman–Crippen MR) is 131 cm³/mol. The number of imidazole rings is 2. The van der Waals surface area contributed by atoms with E-state index in [9.17, 15) is 0 Å². The molecule has 0 spiro atoms. The van der Waals surface area contributed by atoms with Crippen LogP contribution < -0.4 is 10.1 Å². The van der Waals surface area contributed by atoms with Crippen LogP contribution in [0.2, 0.25) is 0 Å². The maximum Gasteiger partial charge on any atom is 0.243 e. The smallest absolute Gasteiger partial charge is 0.243 e. The number of anilines is 2. The molecule has 0 radical (unpaired) electrons. The van der Waals surface area contributed by atoms with Crippen LogP contribution >= 0.6 is 0 Å². The van der Waals surface area contributed by atoms with E-state index < -0.39 is 0 Å². The quantitative estimate of drug-likeness (QED) is 0.337. The molecule has 7 heteroatoms. The molecule has 0 fully saturated rings. The molecule has 166 valence electrons. The van der Waals surface area contributed by atoms with E-state index >= 15 is 0 Å². The summed E-state index contributed by atoms with van der Waals surface area (Å²) in [5.41, 5.74) is 5.75. The van der Waals surface area contributed by atoms with Crippen LogP contribution in [0.4, 0.5) is 11.6 Å². The fourth-order valence-electron chi connectivity index (χ4n) is 3.86. The van der Waals surface area contributed by atoms with E-state index in [4.69, 9.17) is 9.72 Å². The van der Waals surface area contributed by atoms with Crippen LogP contribution in [0.3, 0.4) is 0 Å². The summed E-state index contributed by atoms with van der Waals surface area (Å²) >= 11 is 0. The minimum atomic E-state index is -0.0534. The Morgan fingerprint density at radius 2 is 1.88 bits per heavy atom. The van der Waals surface area contributed by atoms with Crippen molar-refractivity contribution in [3.05, 3.63) is 84.6 Å². The maximum absolute atomic E-state index is 6.28. The number of hydrogen-bond donors (Lipinski definition) is 2. The van der Waals surface area contributed by atoms with Gasteiger partial charge in [-0.25, -0.2) is 15.0 Å². The lowest BCUT2D eigenvalue weighted by molar-refractivity contribution is 0.442. The van der Waals surface area contributed by atoms with Gasteiger partial charge in [-0.15, -0.1) is 0 Å². The molecule has 0 saturated heterocycles. The number of aromatic amines is 1. The molecule has 0 amide bonds. The number of aromatic nitrogens is 5. The Kier molecular flexibility index (Phi) is 5.09. The van der Waals surface area contributed by atoms with Crippen LogP contribution in [0.5, 0.6) is 11.6 Å². The summed E-state index contributed by atoms with van der Waals surface area (Å²) in [6, 6.07) is 16.0. The zero-order valence-electron chi connectivity index (χ0n) is 19.1. The summed E-state index contributed by atoms with van der Waals surface area (Å²) in [5, 5.41) is 3.35. The van der Waals surface area contributed by atoms with Gasteiger partial charge in [-0.3, -0.25) is 0 Å². The number of H-pyrrole nitrogens is 1. The van der Waals surface area contributed by atoms with Crippen molar-refractivity contribution in [2.24, 2.45) is 0 Å². The number of nitrogens with zero attached hydrogens (tertiary/aromatic N) is 4. The van der Waals surface area contributed by atoms with Gasteiger partial charge in [-0.1, -0.05) is 39.0 Å². The Labute approximate surface area is 192 Å². The molecule has 0 unspecified atom stereocenters. The average molecular weight is 439 g/mol. The summed E-state index contributed by atoms with van der Waals surface area (Å²) < 4.78 is 8.25. The van der Waals surface area contributed by atoms with Crippen molar-refractivity contribution >= 4 is 22.7 Å². The second kappa shape index (κ2) is 8.09. The maximum atomic E-state index is 6.28. The summed E-state index contributed by atoms with van der Waals surface area (Å²) in [6.45, 7) is 8.57. The van der Waals surface area contributed by atoms with Crippen molar-refractivity contribution in [3.63, 3.8) is 0 Å². The van der Waals surface area contributed by atoms with E-state index in [1.807, 2.05) is 47.2 Å². The Bertz CT molecular complexity index is 1410. The molecule has 3 aromatic heterocycles. The lowest BCUT2D eigenvalue weighted by Gasteiger charge is -2.22. The lowest BCUT2D eigenvalue weighted by Crippen LogP contribution is -2.12. The monoisotopic (exact) mass is 438 g/mol. The van der Waals surface area contributed by atoms with Crippen molar-refractivity contribution in [3.8, 4) is 17.3 Å². The SMILES string of the molecule is Cc1cc(-n2ccnc2)cc2nc(Nc3cccnc3Oc3ccccc3C(C)(C)C)[nH]c12. The van der Waals surface area contributed by atoms with Gasteiger partial charge < -0.3 is 19.6 Å². The molecule has 0 bridgehead atoms. The van der Waals surface area contributed by atoms with Gasteiger partial charge in [-0.05, 0) is 48.2 Å². The van der Waals surface area contributed by atoms with Gasteiger partial charge in [-0.2, -0.15) is 0 Å². The first-order chi connectivity index (χ1) is 15.9. The third kappa shape index (κ3) is 4.17. The van der Waals surface area contributed by atoms with Crippen LogP contribution in [-0.2, 0) is 5.41 Å². The second-order valence-corrected chi connectivity index (χ2v) is 9.04. The highest BCUT2D eigenvalue weighted by atomic mass is 16.5. The third-order valence-electron chi connectivity index (χ3n) is 5.50. The van der Waals surface area contributed by atoms with Gasteiger partial charge in [0.05, 0.1) is 17.4 Å². The van der Waals surface area contributed by atoms with Gasteiger partial charge in [0, 0.05) is 29.8 Å². The van der Waals surface area contributed by atoms with Crippen molar-refractivity contribution < 1.29 is 4.74 Å². The second-order valence-electron chi connectivity index (χ2n) is 9.04. The number of ether oxygens (including phenoxy) is 1. The summed E-state index contributed by atoms with van der Waals surface area (Å²) in [5.74, 6) is 1.90. The molecular weight excluding hydrogens is 412 g/mol. The van der Waals surface area contributed by atoms with E-state index in [0.29, 0.717) is 11.8 Å². The van der Waals surface area contributed by atoms with E-state index in [-0.39, 0.29) is 5.41 Å². The zero-order chi connectivity index (χ0) is 23.0. The highest BCUT2D eigenvalue weighted by molar-refractivity contribution is 5.84. The molecule has 33 heavy (non-hydrogen) atoms. The molecule has 3 heterocycles. The van der Waals surface area contributed by atoms with Crippen LogP contribution in [0.25, 0.3) is 16.7 Å². The standard InChI is InChI=1S/C26H26N6O/c1-17-14-18(32-13-12-27-16-32)15-21-23(17)31-25(30-21)29-20-9-7-11-28-24(20)33-22-10-6-5-8-19(22)26(2,3)4/h5-16H,1-4H3,(H2,29,30,31). The summed E-state index contributed by atoms with van der Waals surface area (Å²) in [6.07, 6.45) is 7.18. The number of fused-ring (bicyclic) bond motifs is 1. The fraction of sp³-hybridized carbons (Fsp3) is 0.192. The summed E-state index contributed by atoms with van der Waals surface area (Å²) in [7, 11) is 0. The van der Waals surface area contributed by atoms with Crippen LogP contribution in [-0.4, -0.2) is 24.5 Å². The van der Waals surface area contributed by atoms with Gasteiger partial charge in [0.1, 0.15) is 11.4 Å². The highest BCUT2D eigenvalue weighted by Gasteiger charge is 2.20. The number of benzene rings is 2. The largest absolute Gasteiger partial charge is 0.437 e. The third-order valence-corrected chi connectivity index (χ3v) is 5.50. The Morgan fingerprint density at radius 3 is 2.67 bits per heavy atom. The number of pyridine rings is 1. The number of aryl methyl sites for hydroxylation is 1. The van der Waals surface area contributed by atoms with Gasteiger partial charge >= 0.3 is 0 Å². The molecule has 7 nitrogen and oxygen atoms in total. The topological polar surface area (TPSA) is 80.7 Å². The van der Waals surface area contributed by atoms with E-state index in [1.54, 1.807) is 18.7 Å².